The van der Waals surface area contributed by atoms with Crippen LogP contribution >= 0.6 is 11.3 Å². The quantitative estimate of drug-likeness (QED) is 0.830. The van der Waals surface area contributed by atoms with Crippen molar-refractivity contribution in [3.05, 3.63) is 20.7 Å². The molecule has 1 aromatic heterocycles. The molecule has 1 aliphatic heterocycles. The van der Waals surface area contributed by atoms with Crippen LogP contribution in [-0.4, -0.2) is 41.6 Å². The van der Waals surface area contributed by atoms with Crippen molar-refractivity contribution in [1.82, 2.24) is 14.8 Å². The summed E-state index contributed by atoms with van der Waals surface area (Å²) in [4.78, 5) is 26.2. The van der Waals surface area contributed by atoms with Crippen LogP contribution in [0.2, 0.25) is 0 Å². The van der Waals surface area contributed by atoms with E-state index in [4.69, 9.17) is 0 Å². The van der Waals surface area contributed by atoms with Gasteiger partial charge >= 0.3 is 4.87 Å². The van der Waals surface area contributed by atoms with Gasteiger partial charge in [-0.05, 0) is 6.92 Å². The van der Waals surface area contributed by atoms with E-state index in [0.717, 1.165) is 31.1 Å². The molecule has 94 valence electrons. The fourth-order valence-electron chi connectivity index (χ4n) is 1.94. The van der Waals surface area contributed by atoms with Crippen molar-refractivity contribution in [3.8, 4) is 0 Å². The summed E-state index contributed by atoms with van der Waals surface area (Å²) in [6, 6.07) is 0. The van der Waals surface area contributed by atoms with Crippen molar-refractivity contribution in [2.45, 2.75) is 19.9 Å². The normalized spacial score (nSPS) is 16.2. The lowest BCUT2D eigenvalue weighted by Gasteiger charge is -2.27. The SMILES string of the molecule is Cc1cn(CCC(=O)N2CCNCC2)c(=O)s1. The van der Waals surface area contributed by atoms with E-state index in [9.17, 15) is 9.59 Å². The Balaban J connectivity index is 1.87. The number of piperazine rings is 1. The summed E-state index contributed by atoms with van der Waals surface area (Å²) in [6.45, 7) is 5.67. The van der Waals surface area contributed by atoms with Crippen LogP contribution in [0.25, 0.3) is 0 Å². The molecule has 1 fully saturated rings. The molecule has 1 N–H and O–H groups in total. The zero-order valence-electron chi connectivity index (χ0n) is 9.94. The van der Waals surface area contributed by atoms with E-state index in [1.54, 1.807) is 4.57 Å². The first-order chi connectivity index (χ1) is 8.16. The predicted octanol–water partition coefficient (Wildman–Crippen LogP) is 0.0401. The average Bonchev–Trinajstić information content (AvgIpc) is 2.66. The van der Waals surface area contributed by atoms with Gasteiger partial charge in [-0.2, -0.15) is 0 Å². The second-order valence-corrected chi connectivity index (χ2v) is 5.38. The van der Waals surface area contributed by atoms with Crippen LogP contribution in [0.5, 0.6) is 0 Å². The summed E-state index contributed by atoms with van der Waals surface area (Å²) in [5.74, 6) is 0.141. The Kier molecular flexibility index (Phi) is 3.96. The molecule has 0 spiro atoms. The molecular formula is C11H17N3O2S. The van der Waals surface area contributed by atoms with Gasteiger partial charge in [-0.15, -0.1) is 0 Å². The van der Waals surface area contributed by atoms with E-state index >= 15 is 0 Å². The van der Waals surface area contributed by atoms with Crippen molar-refractivity contribution in [1.29, 1.82) is 0 Å². The minimum atomic E-state index is 0.0237. The number of carbonyl (C=O) groups excluding carboxylic acids is 1. The molecule has 0 aromatic carbocycles. The van der Waals surface area contributed by atoms with Crippen molar-refractivity contribution >= 4 is 17.2 Å². The molecule has 2 heterocycles. The lowest BCUT2D eigenvalue weighted by atomic mass is 10.3. The second kappa shape index (κ2) is 5.46. The minimum Gasteiger partial charge on any atom is -0.340 e. The van der Waals surface area contributed by atoms with E-state index in [1.807, 2.05) is 18.0 Å². The number of nitrogens with one attached hydrogen (secondary N) is 1. The highest BCUT2D eigenvalue weighted by Gasteiger charge is 2.15. The van der Waals surface area contributed by atoms with E-state index in [1.165, 1.54) is 11.3 Å². The van der Waals surface area contributed by atoms with Crippen LogP contribution in [0.4, 0.5) is 0 Å². The zero-order chi connectivity index (χ0) is 12.3. The third-order valence-electron chi connectivity index (χ3n) is 2.86. The summed E-state index contributed by atoms with van der Waals surface area (Å²) < 4.78 is 1.63. The molecule has 6 heteroatoms. The molecule has 0 radical (unpaired) electrons. The first-order valence-electron chi connectivity index (χ1n) is 5.82. The summed E-state index contributed by atoms with van der Waals surface area (Å²) in [5, 5.41) is 3.21. The number of nitrogens with zero attached hydrogens (tertiary/aromatic N) is 2. The Bertz CT molecular complexity index is 446. The molecule has 0 unspecified atom stereocenters. The Morgan fingerprint density at radius 3 is 2.76 bits per heavy atom. The topological polar surface area (TPSA) is 54.3 Å². The summed E-state index contributed by atoms with van der Waals surface area (Å²) >= 11 is 1.23. The average molecular weight is 255 g/mol. The monoisotopic (exact) mass is 255 g/mol. The number of aryl methyl sites for hydroxylation is 2. The number of thiazole rings is 1. The van der Waals surface area contributed by atoms with Crippen LogP contribution in [0.1, 0.15) is 11.3 Å². The highest BCUT2D eigenvalue weighted by molar-refractivity contribution is 7.09. The van der Waals surface area contributed by atoms with Crippen LogP contribution in [0.3, 0.4) is 0 Å². The molecule has 0 atom stereocenters. The Labute approximate surface area is 104 Å². The van der Waals surface area contributed by atoms with E-state index < -0.39 is 0 Å². The van der Waals surface area contributed by atoms with Crippen LogP contribution in [0, 0.1) is 6.92 Å². The molecule has 1 amide bonds. The smallest absolute Gasteiger partial charge is 0.307 e. The van der Waals surface area contributed by atoms with Crippen molar-refractivity contribution in [2.75, 3.05) is 26.2 Å². The van der Waals surface area contributed by atoms with Crippen LogP contribution in [-0.2, 0) is 11.3 Å². The number of aromatic nitrogens is 1. The lowest BCUT2D eigenvalue weighted by molar-refractivity contribution is -0.132. The van der Waals surface area contributed by atoms with Crippen LogP contribution in [0.15, 0.2) is 11.0 Å². The Hall–Kier alpha value is -1.14. The van der Waals surface area contributed by atoms with E-state index in [2.05, 4.69) is 5.32 Å². The Morgan fingerprint density at radius 1 is 1.47 bits per heavy atom. The van der Waals surface area contributed by atoms with Gasteiger partial charge in [-0.25, -0.2) is 0 Å². The highest BCUT2D eigenvalue weighted by atomic mass is 32.1. The molecule has 17 heavy (non-hydrogen) atoms. The van der Waals surface area contributed by atoms with Crippen LogP contribution < -0.4 is 10.2 Å². The number of amides is 1. The molecule has 1 aliphatic rings. The second-order valence-electron chi connectivity index (χ2n) is 4.18. The fraction of sp³-hybridized carbons (Fsp3) is 0.636. The van der Waals surface area contributed by atoms with Crippen molar-refractivity contribution in [3.63, 3.8) is 0 Å². The molecule has 0 bridgehead atoms. The first-order valence-corrected chi connectivity index (χ1v) is 6.64. The minimum absolute atomic E-state index is 0.0237. The predicted molar refractivity (Wildman–Crippen MR) is 67.4 cm³/mol. The maximum Gasteiger partial charge on any atom is 0.307 e. The van der Waals surface area contributed by atoms with Gasteiger partial charge in [0.2, 0.25) is 5.91 Å². The van der Waals surface area contributed by atoms with E-state index in [-0.39, 0.29) is 10.8 Å². The fourth-order valence-corrected chi connectivity index (χ4v) is 2.66. The molecular weight excluding hydrogens is 238 g/mol. The molecule has 0 aliphatic carbocycles. The van der Waals surface area contributed by atoms with Gasteiger partial charge < -0.3 is 14.8 Å². The van der Waals surface area contributed by atoms with Gasteiger partial charge in [0.1, 0.15) is 0 Å². The summed E-state index contributed by atoms with van der Waals surface area (Å²) in [6.07, 6.45) is 2.23. The van der Waals surface area contributed by atoms with E-state index in [0.29, 0.717) is 13.0 Å². The van der Waals surface area contributed by atoms with Gasteiger partial charge in [0.15, 0.2) is 0 Å². The zero-order valence-corrected chi connectivity index (χ0v) is 10.8. The summed E-state index contributed by atoms with van der Waals surface area (Å²) in [7, 11) is 0. The number of carbonyl (C=O) groups is 1. The number of hydrogen-bond donors (Lipinski definition) is 1. The van der Waals surface area contributed by atoms with Gasteiger partial charge in [0, 0.05) is 50.2 Å². The van der Waals surface area contributed by atoms with Crippen molar-refractivity contribution < 1.29 is 4.79 Å². The van der Waals surface area contributed by atoms with Gasteiger partial charge in [0.25, 0.3) is 0 Å². The third-order valence-corrected chi connectivity index (χ3v) is 3.69. The standard InChI is InChI=1S/C11H17N3O2S/c1-9-8-14(11(16)17-9)5-2-10(15)13-6-3-12-4-7-13/h8,12H,2-7H2,1H3. The van der Waals surface area contributed by atoms with Gasteiger partial charge in [-0.3, -0.25) is 9.59 Å². The van der Waals surface area contributed by atoms with Crippen molar-refractivity contribution in [2.24, 2.45) is 0 Å². The lowest BCUT2D eigenvalue weighted by Crippen LogP contribution is -2.46. The maximum absolute atomic E-state index is 11.9. The number of hydrogen-bond acceptors (Lipinski definition) is 4. The maximum atomic E-state index is 11.9. The summed E-state index contributed by atoms with van der Waals surface area (Å²) in [5.41, 5.74) is 0. The molecule has 5 nitrogen and oxygen atoms in total. The van der Waals surface area contributed by atoms with Gasteiger partial charge in [-0.1, -0.05) is 11.3 Å². The molecule has 1 aromatic rings. The molecule has 0 saturated carbocycles. The molecule has 1 saturated heterocycles. The first kappa shape index (κ1) is 12.3. The highest BCUT2D eigenvalue weighted by Crippen LogP contribution is 2.03. The Morgan fingerprint density at radius 2 is 2.18 bits per heavy atom. The largest absolute Gasteiger partial charge is 0.340 e. The molecule has 2 rings (SSSR count). The third kappa shape index (κ3) is 3.17. The van der Waals surface area contributed by atoms with Gasteiger partial charge in [0.05, 0.1) is 0 Å². The number of rotatable bonds is 3.